The van der Waals surface area contributed by atoms with Gasteiger partial charge in [0.15, 0.2) is 0 Å². The molecule has 1 aromatic heterocycles. The summed E-state index contributed by atoms with van der Waals surface area (Å²) < 4.78 is 6.44. The molecule has 12 aromatic rings. The molecule has 2 aliphatic carbocycles. The molecule has 0 radical (unpaired) electrons. The normalized spacial score (nSPS) is 15.7. The van der Waals surface area contributed by atoms with Crippen molar-refractivity contribution >= 4 is 32.7 Å². The van der Waals surface area contributed by atoms with Crippen molar-refractivity contribution < 1.29 is 4.42 Å². The average Bonchev–Trinajstić information content (AvgIpc) is 4.01. The van der Waals surface area contributed by atoms with Gasteiger partial charge in [-0.2, -0.15) is 0 Å². The van der Waals surface area contributed by atoms with Gasteiger partial charge in [-0.3, -0.25) is 0 Å². The standard InChI is InChI=1S/C69H48O/c1-68(2)61-33-18-31-57(67(61)59-42-58-56-29-13-15-34-64(56)70-65(58)43-62(59)68)53-30-17-23-47-39-49(36-37-52(47)53)66(45-21-8-4-9-22-45)48-24-16-27-51(40-48)69(50-25-10-5-11-26-50)60-32-14-12-28-54(60)55-38-35-46(41-63(55)69)44-19-6-3-7-20-44/h3-43,66H,1-2H3/t66-,69?/m1/s1. The van der Waals surface area contributed by atoms with Crippen molar-refractivity contribution in [2.75, 3.05) is 0 Å². The molecule has 0 spiro atoms. The Hall–Kier alpha value is -8.52. The Kier molecular flexibility index (Phi) is 8.98. The molecule has 14 rings (SSSR count). The molecule has 0 N–H and O–H groups in total. The Balaban J connectivity index is 0.940. The highest BCUT2D eigenvalue weighted by molar-refractivity contribution is 6.10. The van der Waals surface area contributed by atoms with Gasteiger partial charge in [0.25, 0.3) is 0 Å². The lowest BCUT2D eigenvalue weighted by atomic mass is 9.66. The van der Waals surface area contributed by atoms with Gasteiger partial charge >= 0.3 is 0 Å². The molecule has 0 fully saturated rings. The summed E-state index contributed by atoms with van der Waals surface area (Å²) in [6.45, 7) is 4.72. The van der Waals surface area contributed by atoms with E-state index in [1.165, 1.54) is 111 Å². The fourth-order valence-corrected chi connectivity index (χ4v) is 12.7. The van der Waals surface area contributed by atoms with Crippen LogP contribution < -0.4 is 0 Å². The maximum absolute atomic E-state index is 6.44. The fraction of sp³-hybridized carbons (Fsp3) is 0.0725. The van der Waals surface area contributed by atoms with Gasteiger partial charge in [-0.25, -0.2) is 0 Å². The van der Waals surface area contributed by atoms with Crippen molar-refractivity contribution in [1.82, 2.24) is 0 Å². The molecule has 330 valence electrons. The van der Waals surface area contributed by atoms with Gasteiger partial charge in [-0.1, -0.05) is 238 Å². The quantitative estimate of drug-likeness (QED) is 0.145. The lowest BCUT2D eigenvalue weighted by molar-refractivity contribution is 0.647. The van der Waals surface area contributed by atoms with Crippen LogP contribution in [0.3, 0.4) is 0 Å². The number of rotatable bonds is 7. The molecule has 0 bridgehead atoms. The third-order valence-corrected chi connectivity index (χ3v) is 15.9. The van der Waals surface area contributed by atoms with E-state index in [1.807, 2.05) is 0 Å². The van der Waals surface area contributed by atoms with Crippen LogP contribution in [0.1, 0.15) is 69.8 Å². The molecule has 2 aliphatic rings. The zero-order chi connectivity index (χ0) is 46.6. The van der Waals surface area contributed by atoms with Crippen LogP contribution in [0, 0.1) is 0 Å². The monoisotopic (exact) mass is 892 g/mol. The van der Waals surface area contributed by atoms with Gasteiger partial charge in [0.2, 0.25) is 0 Å². The van der Waals surface area contributed by atoms with E-state index in [0.717, 1.165) is 16.6 Å². The maximum atomic E-state index is 6.44. The van der Waals surface area contributed by atoms with Crippen molar-refractivity contribution in [3.63, 3.8) is 0 Å². The van der Waals surface area contributed by atoms with Crippen LogP contribution in [0.25, 0.3) is 77.2 Å². The first-order chi connectivity index (χ1) is 34.5. The number of benzene rings is 11. The Morgan fingerprint density at radius 1 is 0.329 bits per heavy atom. The first kappa shape index (κ1) is 40.5. The number of furan rings is 1. The zero-order valence-electron chi connectivity index (χ0n) is 39.2. The lowest BCUT2D eigenvalue weighted by Crippen LogP contribution is -2.29. The maximum Gasteiger partial charge on any atom is 0.135 e. The van der Waals surface area contributed by atoms with Gasteiger partial charge < -0.3 is 4.42 Å². The molecule has 2 atom stereocenters. The minimum atomic E-state index is -0.548. The second-order valence-electron chi connectivity index (χ2n) is 19.9. The van der Waals surface area contributed by atoms with Crippen LogP contribution in [-0.2, 0) is 10.8 Å². The largest absolute Gasteiger partial charge is 0.456 e. The van der Waals surface area contributed by atoms with Crippen LogP contribution >= 0.6 is 0 Å². The molecule has 1 unspecified atom stereocenters. The predicted molar refractivity (Wildman–Crippen MR) is 291 cm³/mol. The van der Waals surface area contributed by atoms with E-state index in [0.29, 0.717) is 0 Å². The average molecular weight is 893 g/mol. The van der Waals surface area contributed by atoms with Crippen molar-refractivity contribution in [2.24, 2.45) is 0 Å². The Morgan fingerprint density at radius 3 is 1.83 bits per heavy atom. The summed E-state index contributed by atoms with van der Waals surface area (Å²) in [5, 5.41) is 4.80. The summed E-state index contributed by atoms with van der Waals surface area (Å²) in [7, 11) is 0. The van der Waals surface area contributed by atoms with E-state index < -0.39 is 5.41 Å². The number of hydrogen-bond acceptors (Lipinski definition) is 1. The summed E-state index contributed by atoms with van der Waals surface area (Å²) in [4.78, 5) is 0. The molecule has 0 aliphatic heterocycles. The van der Waals surface area contributed by atoms with Gasteiger partial charge in [-0.05, 0) is 130 Å². The van der Waals surface area contributed by atoms with Gasteiger partial charge in [0, 0.05) is 22.1 Å². The van der Waals surface area contributed by atoms with Crippen LogP contribution in [0.5, 0.6) is 0 Å². The van der Waals surface area contributed by atoms with Crippen molar-refractivity contribution in [3.8, 4) is 44.5 Å². The van der Waals surface area contributed by atoms with Gasteiger partial charge in [-0.15, -0.1) is 0 Å². The van der Waals surface area contributed by atoms with E-state index in [1.54, 1.807) is 0 Å². The van der Waals surface area contributed by atoms with Crippen LogP contribution in [0.4, 0.5) is 0 Å². The zero-order valence-corrected chi connectivity index (χ0v) is 39.2. The Morgan fingerprint density at radius 2 is 0.971 bits per heavy atom. The van der Waals surface area contributed by atoms with E-state index in [4.69, 9.17) is 4.42 Å². The molecule has 0 amide bonds. The highest BCUT2D eigenvalue weighted by Crippen LogP contribution is 2.58. The highest BCUT2D eigenvalue weighted by atomic mass is 16.3. The fourth-order valence-electron chi connectivity index (χ4n) is 12.7. The van der Waals surface area contributed by atoms with Crippen molar-refractivity contribution in [2.45, 2.75) is 30.6 Å². The SMILES string of the molecule is CC1(C)c2cc3oc4ccccc4c3cc2-c2c(-c3cccc4cc([C@H](c5ccccc5)c5cccc(C6(c7ccccc7)c7ccccc7-c7ccc(-c8ccccc8)cc76)c5)ccc34)cccc21. The molecule has 1 heterocycles. The minimum absolute atomic E-state index is 0.0189. The number of para-hydroxylation sites is 1. The van der Waals surface area contributed by atoms with Crippen LogP contribution in [-0.4, -0.2) is 0 Å². The summed E-state index contributed by atoms with van der Waals surface area (Å²) in [5.41, 5.74) is 22.9. The topological polar surface area (TPSA) is 13.1 Å². The molecule has 11 aromatic carbocycles. The summed E-state index contributed by atoms with van der Waals surface area (Å²) in [6.07, 6.45) is 0. The lowest BCUT2D eigenvalue weighted by Gasteiger charge is -2.35. The minimum Gasteiger partial charge on any atom is -0.456 e. The Bertz CT molecular complexity index is 4030. The second-order valence-corrected chi connectivity index (χ2v) is 19.9. The third-order valence-electron chi connectivity index (χ3n) is 15.9. The van der Waals surface area contributed by atoms with Crippen LogP contribution in [0.2, 0.25) is 0 Å². The van der Waals surface area contributed by atoms with Crippen molar-refractivity contribution in [3.05, 3.63) is 299 Å². The summed E-state index contributed by atoms with van der Waals surface area (Å²) in [6, 6.07) is 92.8. The molecule has 1 heteroatoms. The Labute approximate surface area is 409 Å². The van der Waals surface area contributed by atoms with Crippen molar-refractivity contribution in [1.29, 1.82) is 0 Å². The second kappa shape index (κ2) is 15.5. The van der Waals surface area contributed by atoms with E-state index in [2.05, 4.69) is 263 Å². The first-order valence-electron chi connectivity index (χ1n) is 24.6. The third kappa shape index (κ3) is 5.91. The predicted octanol–water partition coefficient (Wildman–Crippen LogP) is 17.9. The smallest absolute Gasteiger partial charge is 0.135 e. The van der Waals surface area contributed by atoms with E-state index in [9.17, 15) is 0 Å². The van der Waals surface area contributed by atoms with Crippen LogP contribution in [0.15, 0.2) is 253 Å². The molecular formula is C69H48O. The van der Waals surface area contributed by atoms with Gasteiger partial charge in [0.05, 0.1) is 5.41 Å². The summed E-state index contributed by atoms with van der Waals surface area (Å²) >= 11 is 0. The number of fused-ring (bicyclic) bond motifs is 10. The summed E-state index contributed by atoms with van der Waals surface area (Å²) in [5.74, 6) is -0.0189. The molecular weight excluding hydrogens is 845 g/mol. The number of hydrogen-bond donors (Lipinski definition) is 0. The molecule has 0 saturated carbocycles. The highest BCUT2D eigenvalue weighted by Gasteiger charge is 2.46. The molecule has 70 heavy (non-hydrogen) atoms. The van der Waals surface area contributed by atoms with E-state index >= 15 is 0 Å². The molecule has 0 saturated heterocycles. The molecule has 1 nitrogen and oxygen atoms in total. The first-order valence-corrected chi connectivity index (χ1v) is 24.6. The van der Waals surface area contributed by atoms with E-state index in [-0.39, 0.29) is 11.3 Å². The van der Waals surface area contributed by atoms with Gasteiger partial charge in [0.1, 0.15) is 11.2 Å².